The first-order valence-corrected chi connectivity index (χ1v) is 11.9. The van der Waals surface area contributed by atoms with E-state index in [4.69, 9.17) is 0 Å². The van der Waals surface area contributed by atoms with E-state index in [1.165, 1.54) is 16.9 Å². The Labute approximate surface area is 190 Å². The molecule has 164 valence electrons. The van der Waals surface area contributed by atoms with Crippen LogP contribution >= 0.6 is 11.3 Å². The molecular weight excluding hydrogens is 424 g/mol. The fourth-order valence-electron chi connectivity index (χ4n) is 5.10. The number of nitriles is 1. The molecule has 32 heavy (non-hydrogen) atoms. The van der Waals surface area contributed by atoms with Gasteiger partial charge in [0.1, 0.15) is 23.2 Å². The third kappa shape index (κ3) is 3.47. The Kier molecular flexibility index (Phi) is 5.22. The Balaban J connectivity index is 1.31. The van der Waals surface area contributed by atoms with Crippen LogP contribution in [-0.4, -0.2) is 34.8 Å². The van der Waals surface area contributed by atoms with E-state index in [-0.39, 0.29) is 12.5 Å². The highest BCUT2D eigenvalue weighted by molar-refractivity contribution is 7.16. The molecule has 0 saturated carbocycles. The topological polar surface area (TPSA) is 102 Å². The minimum absolute atomic E-state index is 0.352. The summed E-state index contributed by atoms with van der Waals surface area (Å²) in [6.07, 6.45) is 6.69. The van der Waals surface area contributed by atoms with E-state index in [1.807, 2.05) is 24.3 Å². The van der Waals surface area contributed by atoms with Crippen molar-refractivity contribution >= 4 is 34.2 Å². The molecule has 1 unspecified atom stereocenters. The van der Waals surface area contributed by atoms with Gasteiger partial charge in [-0.15, -0.1) is 11.3 Å². The molecule has 1 aromatic carbocycles. The van der Waals surface area contributed by atoms with Crippen LogP contribution in [0.5, 0.6) is 0 Å². The van der Waals surface area contributed by atoms with Crippen LogP contribution in [-0.2, 0) is 35.3 Å². The number of aryl methyl sites for hydroxylation is 2. The van der Waals surface area contributed by atoms with Crippen LogP contribution in [0.1, 0.15) is 52.8 Å². The number of nitrogens with one attached hydrogen (secondary N) is 2. The smallest absolute Gasteiger partial charge is 0.323 e. The summed E-state index contributed by atoms with van der Waals surface area (Å²) in [7, 11) is 0. The van der Waals surface area contributed by atoms with Crippen LogP contribution in [0.4, 0.5) is 9.80 Å². The zero-order valence-electron chi connectivity index (χ0n) is 17.7. The van der Waals surface area contributed by atoms with Gasteiger partial charge < -0.3 is 10.6 Å². The number of thiophene rings is 1. The number of rotatable bonds is 3. The van der Waals surface area contributed by atoms with Crippen molar-refractivity contribution < 1.29 is 14.4 Å². The molecule has 1 fully saturated rings. The molecule has 4 amide bonds. The number of benzene rings is 1. The van der Waals surface area contributed by atoms with Gasteiger partial charge in [0, 0.05) is 11.3 Å². The van der Waals surface area contributed by atoms with Gasteiger partial charge in [-0.1, -0.05) is 30.7 Å². The van der Waals surface area contributed by atoms with Gasteiger partial charge in [-0.2, -0.15) is 5.26 Å². The minimum atomic E-state index is -0.982. The Morgan fingerprint density at radius 3 is 2.75 bits per heavy atom. The Morgan fingerprint density at radius 2 is 1.94 bits per heavy atom. The first-order valence-electron chi connectivity index (χ1n) is 11.1. The minimum Gasteiger partial charge on any atom is -0.323 e. The van der Waals surface area contributed by atoms with Gasteiger partial charge in [-0.05, 0) is 55.2 Å². The molecule has 1 aliphatic heterocycles. The number of carbonyl (C=O) groups is 3. The second kappa shape index (κ2) is 8.06. The molecule has 2 aromatic rings. The molecule has 2 heterocycles. The number of imide groups is 1. The molecule has 7 nitrogen and oxygen atoms in total. The molecule has 1 atom stereocenters. The molecular formula is C24H24N4O3S. The van der Waals surface area contributed by atoms with Crippen LogP contribution in [0.3, 0.4) is 0 Å². The third-order valence-electron chi connectivity index (χ3n) is 6.77. The molecule has 2 N–H and O–H groups in total. The van der Waals surface area contributed by atoms with Gasteiger partial charge in [0.15, 0.2) is 0 Å². The van der Waals surface area contributed by atoms with Crippen molar-refractivity contribution in [3.05, 3.63) is 51.4 Å². The van der Waals surface area contributed by atoms with Gasteiger partial charge in [0.2, 0.25) is 5.91 Å². The first kappa shape index (κ1) is 20.7. The lowest BCUT2D eigenvalue weighted by Gasteiger charge is -2.32. The lowest BCUT2D eigenvalue weighted by molar-refractivity contribution is -0.134. The SMILES string of the molecule is N#Cc1c(NC(=O)CN2C(=O)NC3(CCc4ccccc4C3)C2=O)sc2c1CCCCC2. The number of nitrogens with zero attached hydrogens (tertiary/aromatic N) is 2. The second-order valence-corrected chi connectivity index (χ2v) is 9.88. The van der Waals surface area contributed by atoms with Crippen molar-refractivity contribution in [2.24, 2.45) is 0 Å². The number of hydrogen-bond donors (Lipinski definition) is 2. The van der Waals surface area contributed by atoms with Crippen LogP contribution in [0.15, 0.2) is 24.3 Å². The molecule has 8 heteroatoms. The van der Waals surface area contributed by atoms with E-state index in [2.05, 4.69) is 16.7 Å². The summed E-state index contributed by atoms with van der Waals surface area (Å²) in [5, 5.41) is 15.8. The van der Waals surface area contributed by atoms with E-state index in [0.29, 0.717) is 29.8 Å². The Morgan fingerprint density at radius 1 is 1.16 bits per heavy atom. The van der Waals surface area contributed by atoms with Crippen molar-refractivity contribution in [2.75, 3.05) is 11.9 Å². The highest BCUT2D eigenvalue weighted by Crippen LogP contribution is 2.37. The molecule has 5 rings (SSSR count). The summed E-state index contributed by atoms with van der Waals surface area (Å²) in [5.41, 5.74) is 2.83. The maximum atomic E-state index is 13.2. The number of fused-ring (bicyclic) bond motifs is 2. The predicted octanol–water partition coefficient (Wildman–Crippen LogP) is 3.31. The van der Waals surface area contributed by atoms with Crippen LogP contribution < -0.4 is 10.6 Å². The van der Waals surface area contributed by atoms with E-state index in [0.717, 1.165) is 53.0 Å². The zero-order chi connectivity index (χ0) is 22.3. The number of anilines is 1. The standard InChI is InChI=1S/C24H24N4O3S/c25-13-18-17-8-2-1-3-9-19(17)32-21(18)26-20(29)14-28-22(30)24(27-23(28)31)11-10-15-6-4-5-7-16(15)12-24/h4-7H,1-3,8-12,14H2,(H,26,29)(H,27,31). The van der Waals surface area contributed by atoms with Crippen LogP contribution in [0.2, 0.25) is 0 Å². The molecule has 3 aliphatic rings. The van der Waals surface area contributed by atoms with Crippen LogP contribution in [0.25, 0.3) is 0 Å². The van der Waals surface area contributed by atoms with E-state index in [1.54, 1.807) is 0 Å². The summed E-state index contributed by atoms with van der Waals surface area (Å²) in [6.45, 7) is -0.360. The summed E-state index contributed by atoms with van der Waals surface area (Å²) in [6, 6.07) is 9.64. The summed E-state index contributed by atoms with van der Waals surface area (Å²) in [4.78, 5) is 40.8. The molecule has 2 aliphatic carbocycles. The van der Waals surface area contributed by atoms with Gasteiger partial charge in [0.05, 0.1) is 5.56 Å². The van der Waals surface area contributed by atoms with E-state index in [9.17, 15) is 19.6 Å². The molecule has 0 radical (unpaired) electrons. The lowest BCUT2D eigenvalue weighted by Crippen LogP contribution is -2.51. The second-order valence-electron chi connectivity index (χ2n) is 8.78. The highest BCUT2D eigenvalue weighted by Gasteiger charge is 2.52. The third-order valence-corrected chi connectivity index (χ3v) is 7.97. The van der Waals surface area contributed by atoms with Crippen molar-refractivity contribution in [1.29, 1.82) is 5.26 Å². The Bertz CT molecular complexity index is 1160. The fraction of sp³-hybridized carbons (Fsp3) is 0.417. The van der Waals surface area contributed by atoms with Crippen molar-refractivity contribution in [1.82, 2.24) is 10.2 Å². The van der Waals surface area contributed by atoms with Gasteiger partial charge in [-0.25, -0.2) is 4.79 Å². The molecule has 0 bridgehead atoms. The number of hydrogen-bond acceptors (Lipinski definition) is 5. The summed E-state index contributed by atoms with van der Waals surface area (Å²) in [5.74, 6) is -0.815. The maximum absolute atomic E-state index is 13.2. The molecule has 1 aromatic heterocycles. The number of urea groups is 1. The normalized spacial score (nSPS) is 22.0. The first-order chi connectivity index (χ1) is 15.5. The predicted molar refractivity (Wildman–Crippen MR) is 120 cm³/mol. The average molecular weight is 449 g/mol. The van der Waals surface area contributed by atoms with E-state index < -0.39 is 17.5 Å². The fourth-order valence-corrected chi connectivity index (χ4v) is 6.36. The van der Waals surface area contributed by atoms with Gasteiger partial charge >= 0.3 is 6.03 Å². The summed E-state index contributed by atoms with van der Waals surface area (Å²) < 4.78 is 0. The quantitative estimate of drug-likeness (QED) is 0.555. The maximum Gasteiger partial charge on any atom is 0.325 e. The monoisotopic (exact) mass is 448 g/mol. The molecule has 1 saturated heterocycles. The van der Waals surface area contributed by atoms with Crippen LogP contribution in [0, 0.1) is 11.3 Å². The van der Waals surface area contributed by atoms with Crippen molar-refractivity contribution in [2.45, 2.75) is 56.9 Å². The van der Waals surface area contributed by atoms with E-state index >= 15 is 0 Å². The zero-order valence-corrected chi connectivity index (χ0v) is 18.5. The Hall–Kier alpha value is -3.18. The lowest BCUT2D eigenvalue weighted by atomic mass is 9.78. The number of carbonyl (C=O) groups excluding carboxylic acids is 3. The average Bonchev–Trinajstić information content (AvgIpc) is 3.09. The van der Waals surface area contributed by atoms with Crippen molar-refractivity contribution in [3.8, 4) is 6.07 Å². The van der Waals surface area contributed by atoms with Gasteiger partial charge in [0.25, 0.3) is 5.91 Å². The summed E-state index contributed by atoms with van der Waals surface area (Å²) >= 11 is 1.44. The van der Waals surface area contributed by atoms with Gasteiger partial charge in [-0.3, -0.25) is 14.5 Å². The largest absolute Gasteiger partial charge is 0.325 e. The van der Waals surface area contributed by atoms with Crippen molar-refractivity contribution in [3.63, 3.8) is 0 Å². The molecule has 1 spiro atoms. The number of amides is 4. The highest BCUT2D eigenvalue weighted by atomic mass is 32.1.